The Morgan fingerprint density at radius 1 is 1.03 bits per heavy atom. The normalized spacial score (nSPS) is 14.7. The quantitative estimate of drug-likeness (QED) is 0.546. The van der Waals surface area contributed by atoms with Crippen LogP contribution >= 0.6 is 11.3 Å². The molecule has 0 saturated carbocycles. The van der Waals surface area contributed by atoms with Gasteiger partial charge < -0.3 is 14.4 Å². The summed E-state index contributed by atoms with van der Waals surface area (Å²) in [5.74, 6) is 1.29. The van der Waals surface area contributed by atoms with Gasteiger partial charge in [0.15, 0.2) is 16.6 Å². The van der Waals surface area contributed by atoms with Gasteiger partial charge in [-0.1, -0.05) is 12.1 Å². The topological polar surface area (TPSA) is 95.8 Å². The van der Waals surface area contributed by atoms with Gasteiger partial charge in [0.05, 0.1) is 30.4 Å². The maximum Gasteiger partial charge on any atom is 0.244 e. The average Bonchev–Trinajstić information content (AvgIpc) is 3.34. The number of hydrogen-bond donors (Lipinski definition) is 0. The fraction of sp³-hybridized carbons (Fsp3) is 0.273. The first-order chi connectivity index (χ1) is 15.5. The van der Waals surface area contributed by atoms with Gasteiger partial charge in [0.1, 0.15) is 6.07 Å². The van der Waals surface area contributed by atoms with Crippen LogP contribution in [0.3, 0.4) is 0 Å². The first-order valence-electron chi connectivity index (χ1n) is 9.90. The van der Waals surface area contributed by atoms with Gasteiger partial charge in [0.25, 0.3) is 0 Å². The van der Waals surface area contributed by atoms with E-state index in [0.717, 1.165) is 16.4 Å². The maximum absolute atomic E-state index is 13.0. The number of anilines is 1. The van der Waals surface area contributed by atoms with Crippen molar-refractivity contribution < 1.29 is 17.9 Å². The van der Waals surface area contributed by atoms with E-state index in [0.29, 0.717) is 37.7 Å². The molecule has 0 atom stereocenters. The zero-order valence-corrected chi connectivity index (χ0v) is 19.3. The summed E-state index contributed by atoms with van der Waals surface area (Å²) in [7, 11) is -0.533. The second-order valence-corrected chi connectivity index (χ2v) is 9.83. The molecule has 0 aliphatic carbocycles. The third kappa shape index (κ3) is 4.14. The van der Waals surface area contributed by atoms with Crippen LogP contribution < -0.4 is 14.4 Å². The highest BCUT2D eigenvalue weighted by Crippen LogP contribution is 2.34. The van der Waals surface area contributed by atoms with Crippen molar-refractivity contribution in [2.75, 3.05) is 45.3 Å². The van der Waals surface area contributed by atoms with Crippen LogP contribution in [-0.2, 0) is 10.0 Å². The first kappa shape index (κ1) is 22.1. The van der Waals surface area contributed by atoms with Gasteiger partial charge in [-0.15, -0.1) is 11.3 Å². The molecule has 3 aromatic rings. The molecule has 2 aromatic carbocycles. The Balaban J connectivity index is 1.48. The number of hydrogen-bond acceptors (Lipinski definition) is 8. The van der Waals surface area contributed by atoms with E-state index in [-0.39, 0.29) is 10.5 Å². The summed E-state index contributed by atoms with van der Waals surface area (Å²) in [6.07, 6.45) is 0. The Morgan fingerprint density at radius 2 is 1.75 bits per heavy atom. The van der Waals surface area contributed by atoms with Gasteiger partial charge in [-0.2, -0.15) is 9.57 Å². The molecule has 0 spiro atoms. The summed E-state index contributed by atoms with van der Waals surface area (Å²) in [5.41, 5.74) is 1.90. The highest BCUT2D eigenvalue weighted by molar-refractivity contribution is 7.89. The molecule has 0 amide bonds. The number of methoxy groups -OCH3 is 2. The number of rotatable bonds is 6. The maximum atomic E-state index is 13.0. The van der Waals surface area contributed by atoms with Crippen LogP contribution in [0.5, 0.6) is 11.5 Å². The number of thiazole rings is 1. The van der Waals surface area contributed by atoms with Gasteiger partial charge in [0, 0.05) is 37.1 Å². The van der Waals surface area contributed by atoms with E-state index in [1.54, 1.807) is 26.4 Å². The Labute approximate surface area is 191 Å². The highest BCUT2D eigenvalue weighted by atomic mass is 32.2. The van der Waals surface area contributed by atoms with Crippen molar-refractivity contribution in [1.82, 2.24) is 9.29 Å². The Kier molecular flexibility index (Phi) is 6.32. The molecule has 0 radical (unpaired) electrons. The standard InChI is InChI=1S/C22H22N4O4S2/c1-29-19-8-7-16(13-20(19)30-2)18-15-31-22(24-18)25-9-11-26(12-10-25)32(27,28)21-6-4-3-5-17(21)14-23/h3-8,13,15H,9-12H2,1-2H3. The monoisotopic (exact) mass is 470 g/mol. The van der Waals surface area contributed by atoms with Crippen LogP contribution in [-0.4, -0.2) is 58.1 Å². The van der Waals surface area contributed by atoms with Gasteiger partial charge in [-0.05, 0) is 30.3 Å². The van der Waals surface area contributed by atoms with Crippen LogP contribution in [0.2, 0.25) is 0 Å². The molecule has 0 bridgehead atoms. The van der Waals surface area contributed by atoms with Crippen molar-refractivity contribution in [2.45, 2.75) is 4.90 Å². The van der Waals surface area contributed by atoms with Crippen LogP contribution in [0, 0.1) is 11.3 Å². The molecule has 166 valence electrons. The predicted molar refractivity (Wildman–Crippen MR) is 123 cm³/mol. The van der Waals surface area contributed by atoms with E-state index in [4.69, 9.17) is 14.5 Å². The average molecular weight is 471 g/mol. The minimum absolute atomic E-state index is 0.0564. The third-order valence-corrected chi connectivity index (χ3v) is 8.16. The number of nitrogens with zero attached hydrogens (tertiary/aromatic N) is 4. The van der Waals surface area contributed by atoms with E-state index < -0.39 is 10.0 Å². The zero-order chi connectivity index (χ0) is 22.7. The number of sulfonamides is 1. The molecule has 1 aliphatic heterocycles. The van der Waals surface area contributed by atoms with Crippen LogP contribution in [0.1, 0.15) is 5.56 Å². The molecule has 1 aliphatic rings. The van der Waals surface area contributed by atoms with E-state index in [1.165, 1.54) is 27.8 Å². The summed E-state index contributed by atoms with van der Waals surface area (Å²) < 4.78 is 38.2. The summed E-state index contributed by atoms with van der Waals surface area (Å²) in [6.45, 7) is 1.69. The Hall–Kier alpha value is -3.13. The van der Waals surface area contributed by atoms with E-state index in [9.17, 15) is 13.7 Å². The van der Waals surface area contributed by atoms with E-state index >= 15 is 0 Å². The van der Waals surface area contributed by atoms with Crippen LogP contribution in [0.25, 0.3) is 11.3 Å². The van der Waals surface area contributed by atoms with Gasteiger partial charge in [-0.3, -0.25) is 0 Å². The third-order valence-electron chi connectivity index (χ3n) is 5.31. The fourth-order valence-electron chi connectivity index (χ4n) is 3.58. The first-order valence-corrected chi connectivity index (χ1v) is 12.2. The van der Waals surface area contributed by atoms with E-state index in [2.05, 4.69) is 4.90 Å². The number of piperazine rings is 1. The van der Waals surface area contributed by atoms with Gasteiger partial charge >= 0.3 is 0 Å². The molecule has 2 heterocycles. The zero-order valence-electron chi connectivity index (χ0n) is 17.7. The van der Waals surface area contributed by atoms with Gasteiger partial charge in [0.2, 0.25) is 10.0 Å². The number of aromatic nitrogens is 1. The van der Waals surface area contributed by atoms with Crippen molar-refractivity contribution in [3.8, 4) is 28.8 Å². The van der Waals surface area contributed by atoms with Crippen LogP contribution in [0.15, 0.2) is 52.7 Å². The second-order valence-electron chi connectivity index (χ2n) is 7.08. The highest BCUT2D eigenvalue weighted by Gasteiger charge is 2.31. The summed E-state index contributed by atoms with van der Waals surface area (Å²) in [6, 6.07) is 13.9. The lowest BCUT2D eigenvalue weighted by Gasteiger charge is -2.33. The molecule has 0 N–H and O–H groups in total. The molecule has 4 rings (SSSR count). The van der Waals surface area contributed by atoms with Crippen LogP contribution in [0.4, 0.5) is 5.13 Å². The molecule has 8 nitrogen and oxygen atoms in total. The van der Waals surface area contributed by atoms with Crippen molar-refractivity contribution in [3.05, 3.63) is 53.4 Å². The second kappa shape index (κ2) is 9.16. The smallest absolute Gasteiger partial charge is 0.244 e. The van der Waals surface area contributed by atoms with Crippen molar-refractivity contribution in [1.29, 1.82) is 5.26 Å². The minimum atomic E-state index is -3.72. The largest absolute Gasteiger partial charge is 0.493 e. The minimum Gasteiger partial charge on any atom is -0.493 e. The summed E-state index contributed by atoms with van der Waals surface area (Å²) >= 11 is 1.52. The van der Waals surface area contributed by atoms with Crippen molar-refractivity contribution >= 4 is 26.5 Å². The number of nitriles is 1. The molecule has 1 fully saturated rings. The lowest BCUT2D eigenvalue weighted by molar-refractivity contribution is 0.355. The predicted octanol–water partition coefficient (Wildman–Crippen LogP) is 3.21. The lowest BCUT2D eigenvalue weighted by atomic mass is 10.1. The fourth-order valence-corrected chi connectivity index (χ4v) is 6.03. The van der Waals surface area contributed by atoms with Crippen molar-refractivity contribution in [3.63, 3.8) is 0 Å². The lowest BCUT2D eigenvalue weighted by Crippen LogP contribution is -2.48. The molecule has 0 unspecified atom stereocenters. The molecule has 32 heavy (non-hydrogen) atoms. The summed E-state index contributed by atoms with van der Waals surface area (Å²) in [5, 5.41) is 12.1. The molecular weight excluding hydrogens is 448 g/mol. The molecule has 10 heteroatoms. The molecule has 1 aromatic heterocycles. The van der Waals surface area contributed by atoms with Gasteiger partial charge in [-0.25, -0.2) is 13.4 Å². The summed E-state index contributed by atoms with van der Waals surface area (Å²) in [4.78, 5) is 6.88. The SMILES string of the molecule is COc1ccc(-c2csc(N3CCN(S(=O)(=O)c4ccccc4C#N)CC3)n2)cc1OC. The number of benzene rings is 2. The van der Waals surface area contributed by atoms with E-state index in [1.807, 2.05) is 29.6 Å². The van der Waals surface area contributed by atoms with Crippen molar-refractivity contribution in [2.24, 2.45) is 0 Å². The number of ether oxygens (including phenoxy) is 2. The molecule has 1 saturated heterocycles. The Morgan fingerprint density at radius 3 is 2.44 bits per heavy atom. The Bertz CT molecular complexity index is 1260. The molecular formula is C22H22N4O4S2.